The maximum atomic E-state index is 8.92. The summed E-state index contributed by atoms with van der Waals surface area (Å²) in [5.41, 5.74) is 12.5. The Morgan fingerprint density at radius 1 is 0.875 bits per heavy atom. The lowest BCUT2D eigenvalue weighted by Crippen LogP contribution is -1.88. The van der Waals surface area contributed by atoms with Crippen molar-refractivity contribution >= 4 is 11.2 Å². The van der Waals surface area contributed by atoms with E-state index in [2.05, 4.69) is 17.2 Å². The highest BCUT2D eigenvalue weighted by molar-refractivity contribution is 5.83. The van der Waals surface area contributed by atoms with Crippen molar-refractivity contribution in [2.24, 2.45) is 0 Å². The van der Waals surface area contributed by atoms with Crippen LogP contribution in [0.5, 0.6) is 0 Å². The number of nitrogen functional groups attached to an aromatic ring is 1. The van der Waals surface area contributed by atoms with Crippen LogP contribution in [0.15, 0.2) is 73.1 Å². The Kier molecular flexibility index (Phi) is 3.25. The number of nitriles is 1. The first-order valence-electron chi connectivity index (χ1n) is 7.58. The fourth-order valence-electron chi connectivity index (χ4n) is 2.78. The molecule has 0 unspecified atom stereocenters. The van der Waals surface area contributed by atoms with E-state index in [-0.39, 0.29) is 0 Å². The molecule has 0 atom stereocenters. The predicted octanol–water partition coefficient (Wildman–Crippen LogP) is 4.12. The van der Waals surface area contributed by atoms with Crippen molar-refractivity contribution < 1.29 is 0 Å². The van der Waals surface area contributed by atoms with E-state index >= 15 is 0 Å². The Hall–Kier alpha value is -3.58. The maximum absolute atomic E-state index is 8.92. The SMILES string of the molecule is N#Cc1ccc(-c2ccn3ncc(-c4ccc(N)cc4)c3c2)cc1. The van der Waals surface area contributed by atoms with Crippen LogP contribution in [0.1, 0.15) is 5.56 Å². The van der Waals surface area contributed by atoms with Gasteiger partial charge in [0.2, 0.25) is 0 Å². The predicted molar refractivity (Wildman–Crippen MR) is 95.2 cm³/mol. The first kappa shape index (κ1) is 14.0. The average molecular weight is 310 g/mol. The zero-order chi connectivity index (χ0) is 16.5. The van der Waals surface area contributed by atoms with E-state index in [9.17, 15) is 0 Å². The Labute approximate surface area is 139 Å². The Balaban J connectivity index is 1.83. The van der Waals surface area contributed by atoms with Gasteiger partial charge in [-0.2, -0.15) is 10.4 Å². The van der Waals surface area contributed by atoms with Gasteiger partial charge in [0.1, 0.15) is 0 Å². The molecule has 0 aliphatic heterocycles. The van der Waals surface area contributed by atoms with Gasteiger partial charge in [0.25, 0.3) is 0 Å². The molecule has 0 radical (unpaired) electrons. The lowest BCUT2D eigenvalue weighted by Gasteiger charge is -2.05. The van der Waals surface area contributed by atoms with Crippen LogP contribution in [0.4, 0.5) is 5.69 Å². The van der Waals surface area contributed by atoms with Gasteiger partial charge in [-0.05, 0) is 53.1 Å². The molecule has 4 nitrogen and oxygen atoms in total. The molecule has 0 saturated carbocycles. The van der Waals surface area contributed by atoms with Crippen molar-refractivity contribution in [1.29, 1.82) is 5.26 Å². The van der Waals surface area contributed by atoms with Crippen molar-refractivity contribution in [3.05, 3.63) is 78.6 Å². The van der Waals surface area contributed by atoms with Crippen LogP contribution in [0.3, 0.4) is 0 Å². The second-order valence-corrected chi connectivity index (χ2v) is 5.61. The highest BCUT2D eigenvalue weighted by Gasteiger charge is 2.08. The molecular formula is C20H14N4. The van der Waals surface area contributed by atoms with Crippen LogP contribution in [0.25, 0.3) is 27.8 Å². The third kappa shape index (κ3) is 2.38. The van der Waals surface area contributed by atoms with Gasteiger partial charge < -0.3 is 5.73 Å². The molecule has 2 aromatic heterocycles. The second-order valence-electron chi connectivity index (χ2n) is 5.61. The number of nitrogens with two attached hydrogens (primary N) is 1. The molecule has 0 fully saturated rings. The van der Waals surface area contributed by atoms with Crippen LogP contribution >= 0.6 is 0 Å². The van der Waals surface area contributed by atoms with Crippen molar-refractivity contribution in [2.75, 3.05) is 5.73 Å². The van der Waals surface area contributed by atoms with Crippen molar-refractivity contribution in [2.45, 2.75) is 0 Å². The summed E-state index contributed by atoms with van der Waals surface area (Å²) >= 11 is 0. The molecule has 24 heavy (non-hydrogen) atoms. The molecule has 4 heteroatoms. The molecule has 0 bridgehead atoms. The molecule has 0 aliphatic carbocycles. The molecule has 4 aromatic rings. The van der Waals surface area contributed by atoms with Gasteiger partial charge in [-0.1, -0.05) is 24.3 Å². The monoisotopic (exact) mass is 310 g/mol. The Morgan fingerprint density at radius 2 is 1.58 bits per heavy atom. The van der Waals surface area contributed by atoms with E-state index in [0.717, 1.165) is 33.5 Å². The Morgan fingerprint density at radius 3 is 2.29 bits per heavy atom. The zero-order valence-electron chi connectivity index (χ0n) is 12.8. The molecule has 0 spiro atoms. The number of fused-ring (bicyclic) bond motifs is 1. The minimum Gasteiger partial charge on any atom is -0.399 e. The van der Waals surface area contributed by atoms with E-state index < -0.39 is 0 Å². The summed E-state index contributed by atoms with van der Waals surface area (Å²) in [6.45, 7) is 0. The standard InChI is InChI=1S/C20H14N4/c21-12-14-1-3-15(4-2-14)17-9-10-24-20(11-17)19(13-23-24)16-5-7-18(22)8-6-16/h1-11,13H,22H2. The number of rotatable bonds is 2. The Bertz CT molecular complexity index is 1050. The lowest BCUT2D eigenvalue weighted by atomic mass is 10.0. The summed E-state index contributed by atoms with van der Waals surface area (Å²) < 4.78 is 1.86. The van der Waals surface area contributed by atoms with Gasteiger partial charge >= 0.3 is 0 Å². The normalized spacial score (nSPS) is 10.6. The molecule has 114 valence electrons. The zero-order valence-corrected chi connectivity index (χ0v) is 12.8. The number of aromatic nitrogens is 2. The molecular weight excluding hydrogens is 296 g/mol. The van der Waals surface area contributed by atoms with Crippen LogP contribution in [0, 0.1) is 11.3 Å². The van der Waals surface area contributed by atoms with E-state index in [1.807, 2.05) is 71.5 Å². The van der Waals surface area contributed by atoms with Crippen molar-refractivity contribution in [3.63, 3.8) is 0 Å². The average Bonchev–Trinajstić information content (AvgIpc) is 3.05. The van der Waals surface area contributed by atoms with Crippen LogP contribution in [-0.2, 0) is 0 Å². The van der Waals surface area contributed by atoms with E-state index in [0.29, 0.717) is 5.56 Å². The van der Waals surface area contributed by atoms with E-state index in [1.165, 1.54) is 0 Å². The third-order valence-electron chi connectivity index (χ3n) is 4.09. The number of nitrogens with zero attached hydrogens (tertiary/aromatic N) is 3. The number of anilines is 1. The summed E-state index contributed by atoms with van der Waals surface area (Å²) in [5, 5.41) is 13.3. The van der Waals surface area contributed by atoms with Gasteiger partial charge in [-0.15, -0.1) is 0 Å². The summed E-state index contributed by atoms with van der Waals surface area (Å²) in [6, 6.07) is 21.6. The second kappa shape index (κ2) is 5.56. The maximum Gasteiger partial charge on any atom is 0.0991 e. The topological polar surface area (TPSA) is 67.1 Å². The number of hydrogen-bond acceptors (Lipinski definition) is 3. The molecule has 2 N–H and O–H groups in total. The molecule has 0 saturated heterocycles. The van der Waals surface area contributed by atoms with Crippen LogP contribution < -0.4 is 5.73 Å². The van der Waals surface area contributed by atoms with Crippen molar-refractivity contribution in [3.8, 4) is 28.3 Å². The fourth-order valence-corrected chi connectivity index (χ4v) is 2.78. The minimum absolute atomic E-state index is 0.659. The summed E-state index contributed by atoms with van der Waals surface area (Å²) in [5.74, 6) is 0. The van der Waals surface area contributed by atoms with E-state index in [1.54, 1.807) is 0 Å². The van der Waals surface area contributed by atoms with E-state index in [4.69, 9.17) is 11.0 Å². The van der Waals surface area contributed by atoms with Gasteiger partial charge in [0.05, 0.1) is 23.3 Å². The van der Waals surface area contributed by atoms with Gasteiger partial charge in [0.15, 0.2) is 0 Å². The highest BCUT2D eigenvalue weighted by Crippen LogP contribution is 2.28. The first-order chi connectivity index (χ1) is 11.7. The molecule has 0 aliphatic rings. The first-order valence-corrected chi connectivity index (χ1v) is 7.58. The fraction of sp³-hybridized carbons (Fsp3) is 0. The molecule has 4 rings (SSSR count). The molecule has 2 aromatic carbocycles. The van der Waals surface area contributed by atoms with Gasteiger partial charge in [-0.3, -0.25) is 0 Å². The summed E-state index contributed by atoms with van der Waals surface area (Å²) in [6.07, 6.45) is 3.81. The van der Waals surface area contributed by atoms with Gasteiger partial charge in [0, 0.05) is 17.4 Å². The highest BCUT2D eigenvalue weighted by atomic mass is 15.2. The van der Waals surface area contributed by atoms with Gasteiger partial charge in [-0.25, -0.2) is 4.52 Å². The smallest absolute Gasteiger partial charge is 0.0991 e. The van der Waals surface area contributed by atoms with Crippen LogP contribution in [-0.4, -0.2) is 9.61 Å². The summed E-state index contributed by atoms with van der Waals surface area (Å²) in [7, 11) is 0. The van der Waals surface area contributed by atoms with Crippen molar-refractivity contribution in [1.82, 2.24) is 9.61 Å². The quantitative estimate of drug-likeness (QED) is 0.566. The number of hydrogen-bond donors (Lipinski definition) is 1. The number of pyridine rings is 1. The molecule has 0 amide bonds. The third-order valence-corrected chi connectivity index (χ3v) is 4.09. The summed E-state index contributed by atoms with van der Waals surface area (Å²) in [4.78, 5) is 0. The molecule has 2 heterocycles. The largest absolute Gasteiger partial charge is 0.399 e. The number of benzene rings is 2. The van der Waals surface area contributed by atoms with Crippen LogP contribution in [0.2, 0.25) is 0 Å². The lowest BCUT2D eigenvalue weighted by molar-refractivity contribution is 0.962. The minimum atomic E-state index is 0.659.